The maximum Gasteiger partial charge on any atom is 0.242 e. The third kappa shape index (κ3) is 3.47. The number of morpholine rings is 1. The molecule has 1 aliphatic rings. The minimum absolute atomic E-state index is 0.0465. The van der Waals surface area contributed by atoms with Crippen molar-refractivity contribution in [3.63, 3.8) is 0 Å². The van der Waals surface area contributed by atoms with Crippen molar-refractivity contribution < 1.29 is 9.53 Å². The van der Waals surface area contributed by atoms with E-state index in [4.69, 9.17) is 22.1 Å². The first-order valence-corrected chi connectivity index (χ1v) is 6.71. The molecule has 1 atom stereocenters. The molecule has 2 N–H and O–H groups in total. The molecule has 1 unspecified atom stereocenters. The van der Waals surface area contributed by atoms with Gasteiger partial charge in [0.25, 0.3) is 0 Å². The topological polar surface area (TPSA) is 55.6 Å². The van der Waals surface area contributed by atoms with Crippen LogP contribution in [0.25, 0.3) is 0 Å². The van der Waals surface area contributed by atoms with Crippen molar-refractivity contribution in [2.45, 2.75) is 25.5 Å². The van der Waals surface area contributed by atoms with Crippen molar-refractivity contribution in [1.29, 1.82) is 0 Å². The smallest absolute Gasteiger partial charge is 0.242 e. The van der Waals surface area contributed by atoms with E-state index in [-0.39, 0.29) is 12.0 Å². The lowest BCUT2D eigenvalue weighted by Crippen LogP contribution is -2.54. The molecule has 19 heavy (non-hydrogen) atoms. The molecule has 0 aliphatic carbocycles. The Morgan fingerprint density at radius 3 is 2.63 bits per heavy atom. The van der Waals surface area contributed by atoms with Crippen molar-refractivity contribution in [2.75, 3.05) is 19.7 Å². The van der Waals surface area contributed by atoms with E-state index in [1.54, 1.807) is 18.7 Å². The average Bonchev–Trinajstić information content (AvgIpc) is 2.38. The lowest BCUT2D eigenvalue weighted by atomic mass is 10.0. The summed E-state index contributed by atoms with van der Waals surface area (Å²) in [5, 5.41) is 0.690. The fraction of sp³-hybridized carbons (Fsp3) is 0.500. The SMILES string of the molecule is CC(C)(N)C(=O)N1CCOC(c2ccc(Cl)cc2)C1. The Balaban J connectivity index is 2.09. The molecule has 1 fully saturated rings. The predicted molar refractivity (Wildman–Crippen MR) is 75.0 cm³/mol. The molecule has 1 aromatic rings. The van der Waals surface area contributed by atoms with Gasteiger partial charge in [0.1, 0.15) is 6.10 Å². The van der Waals surface area contributed by atoms with Crippen LogP contribution >= 0.6 is 11.6 Å². The molecule has 0 saturated carbocycles. The number of halogens is 1. The second-order valence-electron chi connectivity index (χ2n) is 5.38. The maximum atomic E-state index is 12.2. The van der Waals surface area contributed by atoms with Gasteiger partial charge in [-0.3, -0.25) is 4.79 Å². The van der Waals surface area contributed by atoms with Crippen molar-refractivity contribution in [3.05, 3.63) is 34.9 Å². The summed E-state index contributed by atoms with van der Waals surface area (Å²) in [5.74, 6) is -0.0465. The Morgan fingerprint density at radius 1 is 1.42 bits per heavy atom. The summed E-state index contributed by atoms with van der Waals surface area (Å²) < 4.78 is 5.72. The highest BCUT2D eigenvalue weighted by Gasteiger charge is 2.32. The van der Waals surface area contributed by atoms with Gasteiger partial charge >= 0.3 is 0 Å². The third-order valence-electron chi connectivity index (χ3n) is 3.15. The van der Waals surface area contributed by atoms with Gasteiger partial charge in [-0.25, -0.2) is 0 Å². The van der Waals surface area contributed by atoms with Gasteiger partial charge in [-0.15, -0.1) is 0 Å². The number of hydrogen-bond acceptors (Lipinski definition) is 3. The summed E-state index contributed by atoms with van der Waals surface area (Å²) in [7, 11) is 0. The Labute approximate surface area is 118 Å². The van der Waals surface area contributed by atoms with Gasteiger partial charge in [0.05, 0.1) is 18.7 Å². The number of benzene rings is 1. The molecule has 1 amide bonds. The standard InChI is InChI=1S/C14H19ClN2O2/c1-14(2,16)13(18)17-7-8-19-12(9-17)10-3-5-11(15)6-4-10/h3-6,12H,7-9,16H2,1-2H3. The molecule has 1 aromatic carbocycles. The van der Waals surface area contributed by atoms with E-state index in [1.165, 1.54) is 0 Å². The van der Waals surface area contributed by atoms with Crippen molar-refractivity contribution >= 4 is 17.5 Å². The number of carbonyl (C=O) groups is 1. The summed E-state index contributed by atoms with van der Waals surface area (Å²) in [6, 6.07) is 7.50. The number of rotatable bonds is 2. The van der Waals surface area contributed by atoms with Gasteiger partial charge in [0, 0.05) is 11.6 Å². The van der Waals surface area contributed by atoms with Gasteiger partial charge in [-0.05, 0) is 31.5 Å². The number of nitrogens with two attached hydrogens (primary N) is 1. The molecule has 2 rings (SSSR count). The zero-order valence-corrected chi connectivity index (χ0v) is 12.0. The van der Waals surface area contributed by atoms with E-state index in [2.05, 4.69) is 0 Å². The normalized spacial score (nSPS) is 20.4. The molecule has 0 bridgehead atoms. The van der Waals surface area contributed by atoms with E-state index in [0.717, 1.165) is 5.56 Å². The minimum atomic E-state index is -0.845. The van der Waals surface area contributed by atoms with Crippen LogP contribution in [-0.4, -0.2) is 36.0 Å². The largest absolute Gasteiger partial charge is 0.370 e. The maximum absolute atomic E-state index is 12.2. The third-order valence-corrected chi connectivity index (χ3v) is 3.40. The summed E-state index contributed by atoms with van der Waals surface area (Å²) >= 11 is 5.87. The van der Waals surface area contributed by atoms with E-state index >= 15 is 0 Å². The summed E-state index contributed by atoms with van der Waals surface area (Å²) in [5.41, 5.74) is 6.04. The molecule has 0 radical (unpaired) electrons. The van der Waals surface area contributed by atoms with Gasteiger partial charge in [-0.2, -0.15) is 0 Å². The zero-order chi connectivity index (χ0) is 14.0. The van der Waals surface area contributed by atoms with Crippen LogP contribution in [0.1, 0.15) is 25.5 Å². The highest BCUT2D eigenvalue weighted by Crippen LogP contribution is 2.24. The number of carbonyl (C=O) groups excluding carboxylic acids is 1. The monoisotopic (exact) mass is 282 g/mol. The van der Waals surface area contributed by atoms with Gasteiger partial charge in [0.2, 0.25) is 5.91 Å². The highest BCUT2D eigenvalue weighted by molar-refractivity contribution is 6.30. The van der Waals surface area contributed by atoms with Crippen LogP contribution in [0, 0.1) is 0 Å². The molecule has 1 heterocycles. The number of hydrogen-bond donors (Lipinski definition) is 1. The van der Waals surface area contributed by atoms with Crippen LogP contribution in [0.2, 0.25) is 5.02 Å². The van der Waals surface area contributed by atoms with E-state index in [0.29, 0.717) is 24.7 Å². The van der Waals surface area contributed by atoms with Gasteiger partial charge in [0.15, 0.2) is 0 Å². The molecular formula is C14H19ClN2O2. The highest BCUT2D eigenvalue weighted by atomic mass is 35.5. The molecule has 104 valence electrons. The van der Waals surface area contributed by atoms with Crippen molar-refractivity contribution in [3.8, 4) is 0 Å². The molecule has 0 aromatic heterocycles. The van der Waals surface area contributed by atoms with Gasteiger partial charge < -0.3 is 15.4 Å². The van der Waals surface area contributed by atoms with E-state index < -0.39 is 5.54 Å². The van der Waals surface area contributed by atoms with Crippen molar-refractivity contribution in [1.82, 2.24) is 4.90 Å². The first-order chi connectivity index (χ1) is 8.88. The van der Waals surface area contributed by atoms with Crippen LogP contribution in [-0.2, 0) is 9.53 Å². The van der Waals surface area contributed by atoms with E-state index in [9.17, 15) is 4.79 Å². The van der Waals surface area contributed by atoms with E-state index in [1.807, 2.05) is 24.3 Å². The van der Waals surface area contributed by atoms with Crippen LogP contribution < -0.4 is 5.73 Å². The minimum Gasteiger partial charge on any atom is -0.370 e. The first-order valence-electron chi connectivity index (χ1n) is 6.33. The zero-order valence-electron chi connectivity index (χ0n) is 11.2. The first kappa shape index (κ1) is 14.3. The lowest BCUT2D eigenvalue weighted by molar-refractivity contribution is -0.143. The number of amides is 1. The van der Waals surface area contributed by atoms with Crippen LogP contribution in [0.4, 0.5) is 0 Å². The van der Waals surface area contributed by atoms with Crippen molar-refractivity contribution in [2.24, 2.45) is 5.73 Å². The average molecular weight is 283 g/mol. The Hall–Kier alpha value is -1.10. The Morgan fingerprint density at radius 2 is 2.05 bits per heavy atom. The summed E-state index contributed by atoms with van der Waals surface area (Å²) in [4.78, 5) is 13.9. The number of nitrogens with zero attached hydrogens (tertiary/aromatic N) is 1. The quantitative estimate of drug-likeness (QED) is 0.902. The van der Waals surface area contributed by atoms with Crippen LogP contribution in [0.15, 0.2) is 24.3 Å². The predicted octanol–water partition coefficient (Wildman–Crippen LogP) is 1.98. The lowest BCUT2D eigenvalue weighted by Gasteiger charge is -2.36. The molecule has 4 nitrogen and oxygen atoms in total. The Kier molecular flexibility index (Phi) is 4.13. The van der Waals surface area contributed by atoms with Gasteiger partial charge in [-0.1, -0.05) is 23.7 Å². The molecule has 1 aliphatic heterocycles. The number of ether oxygens (including phenoxy) is 1. The molecule has 0 spiro atoms. The fourth-order valence-electron chi connectivity index (χ4n) is 2.12. The molecule has 5 heteroatoms. The summed E-state index contributed by atoms with van der Waals surface area (Å²) in [6.45, 7) is 5.09. The second kappa shape index (κ2) is 5.49. The Bertz CT molecular complexity index is 454. The summed E-state index contributed by atoms with van der Waals surface area (Å²) in [6.07, 6.45) is -0.114. The second-order valence-corrected chi connectivity index (χ2v) is 5.82. The molecular weight excluding hydrogens is 264 g/mol. The van der Waals surface area contributed by atoms with Crippen LogP contribution in [0.5, 0.6) is 0 Å². The fourth-order valence-corrected chi connectivity index (χ4v) is 2.25. The van der Waals surface area contributed by atoms with Crippen LogP contribution in [0.3, 0.4) is 0 Å². The molecule has 1 saturated heterocycles.